The lowest BCUT2D eigenvalue weighted by atomic mass is 10.1. The molecule has 0 radical (unpaired) electrons. The fourth-order valence-electron chi connectivity index (χ4n) is 4.24. The Balaban J connectivity index is 1.29. The fraction of sp³-hybridized carbons (Fsp3) is 0.947. The van der Waals surface area contributed by atoms with Crippen LogP contribution in [0.3, 0.4) is 0 Å². The monoisotopic (exact) mass is 352 g/mol. The van der Waals surface area contributed by atoms with Crippen molar-refractivity contribution in [2.75, 3.05) is 66.1 Å². The highest BCUT2D eigenvalue weighted by Gasteiger charge is 2.26. The molecule has 6 heteroatoms. The van der Waals surface area contributed by atoms with Crippen molar-refractivity contribution in [2.45, 2.75) is 44.6 Å². The summed E-state index contributed by atoms with van der Waals surface area (Å²) < 4.78 is 11.3. The lowest BCUT2D eigenvalue weighted by Gasteiger charge is -2.29. The number of likely N-dealkylation sites (tertiary alicyclic amines) is 2. The van der Waals surface area contributed by atoms with E-state index in [1.54, 1.807) is 0 Å². The second-order valence-corrected chi connectivity index (χ2v) is 7.65. The first-order valence-corrected chi connectivity index (χ1v) is 10.2. The average Bonchev–Trinajstić information content (AvgIpc) is 3.31. The Labute approximate surface area is 152 Å². The molecule has 0 aliphatic carbocycles. The highest BCUT2D eigenvalue weighted by molar-refractivity contribution is 5.80. The van der Waals surface area contributed by atoms with Gasteiger partial charge in [-0.15, -0.1) is 0 Å². The van der Waals surface area contributed by atoms with E-state index in [1.165, 1.54) is 51.7 Å². The van der Waals surface area contributed by atoms with E-state index >= 15 is 0 Å². The van der Waals surface area contributed by atoms with Crippen LogP contribution in [0.1, 0.15) is 38.5 Å². The van der Waals surface area contributed by atoms with Gasteiger partial charge in [-0.25, -0.2) is 0 Å². The summed E-state index contributed by atoms with van der Waals surface area (Å²) in [6.07, 6.45) is 8.09. The molecule has 3 aliphatic rings. The molecule has 6 nitrogen and oxygen atoms in total. The molecule has 0 bridgehead atoms. The number of aliphatic imine (C=N–C) groups is 1. The predicted molar refractivity (Wildman–Crippen MR) is 101 cm³/mol. The lowest BCUT2D eigenvalue weighted by molar-refractivity contribution is 0.0190. The van der Waals surface area contributed by atoms with Gasteiger partial charge in [-0.3, -0.25) is 4.99 Å². The van der Waals surface area contributed by atoms with Crippen LogP contribution in [-0.4, -0.2) is 88.0 Å². The van der Waals surface area contributed by atoms with Gasteiger partial charge in [0.25, 0.3) is 0 Å². The molecule has 1 N–H and O–H groups in total. The van der Waals surface area contributed by atoms with Crippen molar-refractivity contribution in [1.82, 2.24) is 15.1 Å². The van der Waals surface area contributed by atoms with Crippen molar-refractivity contribution in [3.63, 3.8) is 0 Å². The summed E-state index contributed by atoms with van der Waals surface area (Å²) in [6.45, 7) is 9.25. The Morgan fingerprint density at radius 1 is 1.16 bits per heavy atom. The molecule has 3 rings (SSSR count). The van der Waals surface area contributed by atoms with Crippen LogP contribution in [0, 0.1) is 5.92 Å². The first-order valence-electron chi connectivity index (χ1n) is 10.2. The van der Waals surface area contributed by atoms with Gasteiger partial charge in [0.15, 0.2) is 5.96 Å². The van der Waals surface area contributed by atoms with Crippen LogP contribution in [0.4, 0.5) is 0 Å². The topological polar surface area (TPSA) is 49.3 Å². The van der Waals surface area contributed by atoms with Crippen LogP contribution in [-0.2, 0) is 9.47 Å². The van der Waals surface area contributed by atoms with E-state index in [0.29, 0.717) is 12.7 Å². The summed E-state index contributed by atoms with van der Waals surface area (Å²) in [5.74, 6) is 1.81. The zero-order chi connectivity index (χ0) is 17.3. The minimum atomic E-state index is 0.313. The Bertz CT molecular complexity index is 406. The summed E-state index contributed by atoms with van der Waals surface area (Å²) >= 11 is 0. The number of nitrogens with zero attached hydrogens (tertiary/aromatic N) is 3. The maximum absolute atomic E-state index is 5.73. The van der Waals surface area contributed by atoms with Crippen LogP contribution in [0.2, 0.25) is 0 Å². The number of ether oxygens (including phenoxy) is 2. The summed E-state index contributed by atoms with van der Waals surface area (Å²) in [7, 11) is 1.88. The van der Waals surface area contributed by atoms with Gasteiger partial charge in [-0.05, 0) is 51.1 Å². The molecule has 3 aliphatic heterocycles. The number of rotatable bonds is 7. The molecule has 3 saturated heterocycles. The molecule has 3 fully saturated rings. The molecule has 0 saturated carbocycles. The number of nitrogens with one attached hydrogen (secondary N) is 1. The molecular weight excluding hydrogens is 316 g/mol. The summed E-state index contributed by atoms with van der Waals surface area (Å²) in [4.78, 5) is 9.53. The minimum absolute atomic E-state index is 0.313. The average molecular weight is 353 g/mol. The zero-order valence-electron chi connectivity index (χ0n) is 15.9. The third kappa shape index (κ3) is 6.12. The zero-order valence-corrected chi connectivity index (χ0v) is 15.9. The molecule has 144 valence electrons. The van der Waals surface area contributed by atoms with E-state index in [4.69, 9.17) is 9.47 Å². The van der Waals surface area contributed by atoms with E-state index in [0.717, 1.165) is 51.1 Å². The van der Waals surface area contributed by atoms with Crippen LogP contribution in [0.5, 0.6) is 0 Å². The molecule has 3 heterocycles. The molecule has 0 aromatic rings. The van der Waals surface area contributed by atoms with E-state index in [2.05, 4.69) is 20.1 Å². The smallest absolute Gasteiger partial charge is 0.193 e. The second-order valence-electron chi connectivity index (χ2n) is 7.65. The molecular formula is C19H36N4O2. The summed E-state index contributed by atoms with van der Waals surface area (Å²) in [6, 6.07) is 0. The van der Waals surface area contributed by atoms with Gasteiger partial charge < -0.3 is 24.6 Å². The quantitative estimate of drug-likeness (QED) is 0.428. The molecule has 0 amide bonds. The van der Waals surface area contributed by atoms with Crippen molar-refractivity contribution >= 4 is 5.96 Å². The Morgan fingerprint density at radius 3 is 2.80 bits per heavy atom. The van der Waals surface area contributed by atoms with Crippen LogP contribution >= 0.6 is 0 Å². The van der Waals surface area contributed by atoms with Gasteiger partial charge in [0.1, 0.15) is 0 Å². The normalized spacial score (nSPS) is 28.7. The SMILES string of the molecule is CN=C(NCCOCC1CCCO1)N1CCC(CN2CCCCC2)C1. The van der Waals surface area contributed by atoms with Crippen molar-refractivity contribution in [1.29, 1.82) is 0 Å². The third-order valence-electron chi connectivity index (χ3n) is 5.62. The minimum Gasteiger partial charge on any atom is -0.377 e. The van der Waals surface area contributed by atoms with Gasteiger partial charge in [-0.1, -0.05) is 6.42 Å². The van der Waals surface area contributed by atoms with Gasteiger partial charge in [0, 0.05) is 39.8 Å². The first kappa shape index (κ1) is 18.9. The van der Waals surface area contributed by atoms with Gasteiger partial charge in [0.2, 0.25) is 0 Å². The van der Waals surface area contributed by atoms with Crippen molar-refractivity contribution in [3.05, 3.63) is 0 Å². The summed E-state index contributed by atoms with van der Waals surface area (Å²) in [5.41, 5.74) is 0. The molecule has 2 unspecified atom stereocenters. The van der Waals surface area contributed by atoms with Crippen molar-refractivity contribution < 1.29 is 9.47 Å². The first-order chi connectivity index (χ1) is 12.3. The maximum Gasteiger partial charge on any atom is 0.193 e. The maximum atomic E-state index is 5.73. The lowest BCUT2D eigenvalue weighted by Crippen LogP contribution is -2.42. The number of guanidine groups is 1. The van der Waals surface area contributed by atoms with E-state index in [1.807, 2.05) is 7.05 Å². The molecule has 0 aromatic heterocycles. The van der Waals surface area contributed by atoms with Crippen molar-refractivity contribution in [3.8, 4) is 0 Å². The number of piperidine rings is 1. The van der Waals surface area contributed by atoms with Crippen molar-refractivity contribution in [2.24, 2.45) is 10.9 Å². The molecule has 0 spiro atoms. The fourth-order valence-corrected chi connectivity index (χ4v) is 4.24. The van der Waals surface area contributed by atoms with E-state index < -0.39 is 0 Å². The molecule has 2 atom stereocenters. The standard InChI is InChI=1S/C19H36N4O2/c1-20-19(21-8-13-24-16-18-6-5-12-25-18)23-11-7-17(15-23)14-22-9-3-2-4-10-22/h17-18H,2-16H2,1H3,(H,20,21). The number of hydrogen-bond donors (Lipinski definition) is 1. The van der Waals surface area contributed by atoms with Crippen LogP contribution < -0.4 is 5.32 Å². The highest BCUT2D eigenvalue weighted by Crippen LogP contribution is 2.19. The van der Waals surface area contributed by atoms with E-state index in [-0.39, 0.29) is 0 Å². The van der Waals surface area contributed by atoms with Gasteiger partial charge >= 0.3 is 0 Å². The molecule has 0 aromatic carbocycles. The largest absolute Gasteiger partial charge is 0.377 e. The Morgan fingerprint density at radius 2 is 2.04 bits per heavy atom. The van der Waals surface area contributed by atoms with E-state index in [9.17, 15) is 0 Å². The predicted octanol–water partition coefficient (Wildman–Crippen LogP) is 1.57. The van der Waals surface area contributed by atoms with Crippen LogP contribution in [0.25, 0.3) is 0 Å². The Hall–Kier alpha value is -0.850. The summed E-state index contributed by atoms with van der Waals surface area (Å²) in [5, 5.41) is 3.46. The van der Waals surface area contributed by atoms with Crippen LogP contribution in [0.15, 0.2) is 4.99 Å². The molecule has 25 heavy (non-hydrogen) atoms. The third-order valence-corrected chi connectivity index (χ3v) is 5.62. The Kier molecular flexibility index (Phi) is 7.82. The van der Waals surface area contributed by atoms with Gasteiger partial charge in [-0.2, -0.15) is 0 Å². The highest BCUT2D eigenvalue weighted by atomic mass is 16.5. The second kappa shape index (κ2) is 10.3. The number of hydrogen-bond acceptors (Lipinski definition) is 4. The van der Waals surface area contributed by atoms with Gasteiger partial charge in [0.05, 0.1) is 19.3 Å².